The monoisotopic (exact) mass is 122 g/mol. The number of allylic oxidation sites excluding steroid dienone is 3. The minimum atomic E-state index is 1.07. The molecule has 1 nitrogen and oxygen atoms in total. The van der Waals surface area contributed by atoms with Gasteiger partial charge in [-0.1, -0.05) is 13.8 Å². The second-order valence-corrected chi connectivity index (χ2v) is 2.12. The molecule has 0 aromatic rings. The fraction of sp³-hybridized carbons (Fsp3) is 0.500. The molecular weight excluding hydrogens is 110 g/mol. The average molecular weight is 122 g/mol. The summed E-state index contributed by atoms with van der Waals surface area (Å²) in [5, 5.41) is 4.21. The highest BCUT2D eigenvalue weighted by atomic mass is 14.9. The Kier molecular flexibility index (Phi) is 1.93. The fourth-order valence-corrected chi connectivity index (χ4v) is 1.04. The molecule has 1 heteroatoms. The van der Waals surface area contributed by atoms with Crippen LogP contribution in [0.25, 0.3) is 0 Å². The highest BCUT2D eigenvalue weighted by Crippen LogP contribution is 2.16. The molecule has 0 unspecified atom stereocenters. The third-order valence-electron chi connectivity index (χ3n) is 1.59. The van der Waals surface area contributed by atoms with Crippen LogP contribution in [-0.2, 0) is 0 Å². The molecule has 0 aromatic heterocycles. The van der Waals surface area contributed by atoms with Gasteiger partial charge in [0.2, 0.25) is 0 Å². The average Bonchev–Trinajstić information content (AvgIpc) is 2.33. The van der Waals surface area contributed by atoms with E-state index >= 15 is 0 Å². The summed E-state index contributed by atoms with van der Waals surface area (Å²) in [6.45, 7) is 4.30. The molecule has 0 N–H and O–H groups in total. The molecule has 9 heavy (non-hydrogen) atoms. The summed E-state index contributed by atoms with van der Waals surface area (Å²) in [6, 6.07) is 0. The van der Waals surface area contributed by atoms with E-state index in [0.717, 1.165) is 12.8 Å². The first-order chi connectivity index (χ1) is 4.38. The lowest BCUT2D eigenvalue weighted by Gasteiger charge is -1.97. The Balaban J connectivity index is 2.67. The normalized spacial score (nSPS) is 16.7. The van der Waals surface area contributed by atoms with Gasteiger partial charge in [0.15, 0.2) is 0 Å². The van der Waals surface area contributed by atoms with Crippen LogP contribution in [0.4, 0.5) is 0 Å². The predicted molar refractivity (Wildman–Crippen MR) is 38.9 cm³/mol. The maximum Gasteiger partial charge on any atom is 0.0433 e. The second-order valence-electron chi connectivity index (χ2n) is 2.12. The molecule has 0 amide bonds. The zero-order chi connectivity index (χ0) is 6.69. The van der Waals surface area contributed by atoms with Crippen LogP contribution in [0.15, 0.2) is 23.5 Å². The van der Waals surface area contributed by atoms with Gasteiger partial charge in [0, 0.05) is 11.9 Å². The molecule has 1 rings (SSSR count). The van der Waals surface area contributed by atoms with Gasteiger partial charge in [0.25, 0.3) is 0 Å². The smallest absolute Gasteiger partial charge is 0.0433 e. The molecule has 1 radical (unpaired) electrons. The molecule has 0 aromatic carbocycles. The summed E-state index contributed by atoms with van der Waals surface area (Å²) in [6.07, 6.45) is 6.16. The Bertz CT molecular complexity index is 154. The minimum absolute atomic E-state index is 1.07. The van der Waals surface area contributed by atoms with Crippen molar-refractivity contribution >= 4 is 0 Å². The molecule has 0 aliphatic carbocycles. The largest absolute Gasteiger partial charge is 0.261 e. The van der Waals surface area contributed by atoms with Crippen molar-refractivity contribution in [2.75, 3.05) is 0 Å². The first-order valence-electron chi connectivity index (χ1n) is 3.48. The molecule has 0 saturated carbocycles. The van der Waals surface area contributed by atoms with Crippen molar-refractivity contribution in [2.24, 2.45) is 0 Å². The van der Waals surface area contributed by atoms with E-state index in [1.54, 1.807) is 0 Å². The summed E-state index contributed by atoms with van der Waals surface area (Å²) in [7, 11) is 0. The number of hydrogen-bond acceptors (Lipinski definition) is 0. The fourth-order valence-electron chi connectivity index (χ4n) is 1.04. The Morgan fingerprint density at radius 2 is 2.11 bits per heavy atom. The van der Waals surface area contributed by atoms with Crippen molar-refractivity contribution in [1.29, 1.82) is 0 Å². The summed E-state index contributed by atoms with van der Waals surface area (Å²) in [5.41, 5.74) is 2.66. The van der Waals surface area contributed by atoms with Crippen LogP contribution in [-0.4, -0.2) is 0 Å². The maximum absolute atomic E-state index is 4.21. The van der Waals surface area contributed by atoms with Crippen LogP contribution in [0.2, 0.25) is 0 Å². The van der Waals surface area contributed by atoms with Crippen molar-refractivity contribution in [3.05, 3.63) is 23.5 Å². The van der Waals surface area contributed by atoms with Crippen molar-refractivity contribution in [2.45, 2.75) is 26.7 Å². The molecule has 0 bridgehead atoms. The molecular formula is C8H12N. The van der Waals surface area contributed by atoms with Gasteiger partial charge >= 0.3 is 0 Å². The third kappa shape index (κ3) is 1.15. The van der Waals surface area contributed by atoms with Crippen LogP contribution in [0.1, 0.15) is 26.7 Å². The Morgan fingerprint density at radius 1 is 1.33 bits per heavy atom. The molecule has 0 atom stereocenters. The predicted octanol–water partition coefficient (Wildman–Crippen LogP) is 2.19. The van der Waals surface area contributed by atoms with Crippen molar-refractivity contribution in [3.63, 3.8) is 0 Å². The zero-order valence-electron chi connectivity index (χ0n) is 6.02. The second kappa shape index (κ2) is 2.72. The van der Waals surface area contributed by atoms with E-state index < -0.39 is 0 Å². The van der Waals surface area contributed by atoms with Crippen LogP contribution in [0, 0.1) is 0 Å². The molecule has 1 aliphatic heterocycles. The maximum atomic E-state index is 4.21. The topological polar surface area (TPSA) is 14.1 Å². The highest BCUT2D eigenvalue weighted by molar-refractivity contribution is 5.30. The lowest BCUT2D eigenvalue weighted by atomic mass is 10.1. The van der Waals surface area contributed by atoms with Crippen molar-refractivity contribution in [1.82, 2.24) is 5.32 Å². The lowest BCUT2D eigenvalue weighted by Crippen LogP contribution is -1.91. The zero-order valence-corrected chi connectivity index (χ0v) is 6.02. The molecule has 0 fully saturated rings. The summed E-state index contributed by atoms with van der Waals surface area (Å²) < 4.78 is 0. The SMILES string of the molecule is CCC1=C(CC)[N]C=C1. The minimum Gasteiger partial charge on any atom is -0.261 e. The van der Waals surface area contributed by atoms with Gasteiger partial charge in [-0.25, -0.2) is 0 Å². The summed E-state index contributed by atoms with van der Waals surface area (Å²) in [5.74, 6) is 0. The summed E-state index contributed by atoms with van der Waals surface area (Å²) >= 11 is 0. The Morgan fingerprint density at radius 3 is 2.56 bits per heavy atom. The first-order valence-corrected chi connectivity index (χ1v) is 3.48. The molecule has 0 spiro atoms. The third-order valence-corrected chi connectivity index (χ3v) is 1.59. The van der Waals surface area contributed by atoms with E-state index in [1.165, 1.54) is 11.3 Å². The van der Waals surface area contributed by atoms with Gasteiger partial charge in [-0.3, -0.25) is 5.32 Å². The van der Waals surface area contributed by atoms with Gasteiger partial charge in [0.05, 0.1) is 0 Å². The quantitative estimate of drug-likeness (QED) is 0.533. The molecule has 1 heterocycles. The van der Waals surface area contributed by atoms with E-state index in [1.807, 2.05) is 6.20 Å². The van der Waals surface area contributed by atoms with Gasteiger partial charge in [-0.2, -0.15) is 0 Å². The lowest BCUT2D eigenvalue weighted by molar-refractivity contribution is 0.921. The van der Waals surface area contributed by atoms with Gasteiger partial charge < -0.3 is 0 Å². The van der Waals surface area contributed by atoms with E-state index in [0.29, 0.717) is 0 Å². The first kappa shape index (κ1) is 6.40. The Labute approximate surface area is 56.5 Å². The van der Waals surface area contributed by atoms with Crippen LogP contribution in [0.3, 0.4) is 0 Å². The van der Waals surface area contributed by atoms with Gasteiger partial charge in [-0.05, 0) is 24.5 Å². The Hall–Kier alpha value is -0.720. The highest BCUT2D eigenvalue weighted by Gasteiger charge is 2.04. The van der Waals surface area contributed by atoms with E-state index in [-0.39, 0.29) is 0 Å². The molecule has 49 valence electrons. The van der Waals surface area contributed by atoms with E-state index in [2.05, 4.69) is 25.2 Å². The molecule has 1 aliphatic rings. The van der Waals surface area contributed by atoms with Crippen molar-refractivity contribution in [3.8, 4) is 0 Å². The number of rotatable bonds is 2. The van der Waals surface area contributed by atoms with Crippen LogP contribution < -0.4 is 5.32 Å². The number of nitrogens with zero attached hydrogens (tertiary/aromatic N) is 1. The van der Waals surface area contributed by atoms with Crippen molar-refractivity contribution < 1.29 is 0 Å². The molecule has 0 saturated heterocycles. The standard InChI is InChI=1S/C8H12N/c1-3-7-5-6-9-8(7)4-2/h5-6H,3-4H2,1-2H3. The van der Waals surface area contributed by atoms with E-state index in [4.69, 9.17) is 0 Å². The summed E-state index contributed by atoms with van der Waals surface area (Å²) in [4.78, 5) is 0. The van der Waals surface area contributed by atoms with Gasteiger partial charge in [-0.15, -0.1) is 0 Å². The number of hydrogen-bond donors (Lipinski definition) is 0. The van der Waals surface area contributed by atoms with Crippen LogP contribution in [0.5, 0.6) is 0 Å². The van der Waals surface area contributed by atoms with Gasteiger partial charge in [0.1, 0.15) is 0 Å². The van der Waals surface area contributed by atoms with Crippen LogP contribution >= 0.6 is 0 Å². The van der Waals surface area contributed by atoms with E-state index in [9.17, 15) is 0 Å².